The summed E-state index contributed by atoms with van der Waals surface area (Å²) in [6.07, 6.45) is -6.08. The van der Waals surface area contributed by atoms with Gasteiger partial charge >= 0.3 is 11.3 Å². The highest BCUT2D eigenvalue weighted by Crippen LogP contribution is 2.48. The highest BCUT2D eigenvalue weighted by molar-refractivity contribution is 6.23. The van der Waals surface area contributed by atoms with Crippen LogP contribution in [0.2, 0.25) is 0 Å². The van der Waals surface area contributed by atoms with Gasteiger partial charge in [-0.3, -0.25) is 0 Å². The lowest BCUT2D eigenvalue weighted by Gasteiger charge is -2.22. The molecule has 0 aromatic heterocycles. The van der Waals surface area contributed by atoms with Crippen LogP contribution in [-0.2, 0) is 5.13 Å². The summed E-state index contributed by atoms with van der Waals surface area (Å²) in [5.74, 6) is -14.1. The average Bonchev–Trinajstić information content (AvgIpc) is 2.22. The lowest BCUT2D eigenvalue weighted by atomic mass is 10.1. The molecule has 1 aromatic carbocycles. The molecular formula is C8ClF9. The zero-order valence-electron chi connectivity index (χ0n) is 7.78. The van der Waals surface area contributed by atoms with Crippen LogP contribution >= 0.6 is 11.6 Å². The van der Waals surface area contributed by atoms with E-state index in [0.717, 1.165) is 0 Å². The Labute approximate surface area is 98.0 Å². The van der Waals surface area contributed by atoms with Gasteiger partial charge in [-0.15, -0.1) is 0 Å². The van der Waals surface area contributed by atoms with Crippen molar-refractivity contribution in [2.75, 3.05) is 0 Å². The van der Waals surface area contributed by atoms with Crippen molar-refractivity contribution in [3.8, 4) is 0 Å². The van der Waals surface area contributed by atoms with Gasteiger partial charge in [0.25, 0.3) is 0 Å². The molecular weight excluding hydrogens is 303 g/mol. The van der Waals surface area contributed by atoms with E-state index in [-0.39, 0.29) is 0 Å². The van der Waals surface area contributed by atoms with Gasteiger partial charge < -0.3 is 0 Å². The van der Waals surface area contributed by atoms with Gasteiger partial charge in [-0.2, -0.15) is 13.2 Å². The summed E-state index contributed by atoms with van der Waals surface area (Å²) in [6.45, 7) is 0. The summed E-state index contributed by atoms with van der Waals surface area (Å²) in [4.78, 5) is 0. The molecule has 18 heavy (non-hydrogen) atoms. The lowest BCUT2D eigenvalue weighted by Crippen LogP contribution is -2.35. The molecule has 0 aliphatic carbocycles. The zero-order valence-corrected chi connectivity index (χ0v) is 8.54. The van der Waals surface area contributed by atoms with E-state index in [1.54, 1.807) is 0 Å². The second-order valence-corrected chi connectivity index (χ2v) is 3.54. The van der Waals surface area contributed by atoms with Crippen LogP contribution in [0.15, 0.2) is 0 Å². The van der Waals surface area contributed by atoms with E-state index in [1.165, 1.54) is 0 Å². The van der Waals surface area contributed by atoms with E-state index in [4.69, 9.17) is 0 Å². The van der Waals surface area contributed by atoms with Gasteiger partial charge in [0.1, 0.15) is 0 Å². The quantitative estimate of drug-likeness (QED) is 0.314. The molecule has 0 spiro atoms. The minimum absolute atomic E-state index is 2.72. The molecule has 102 valence electrons. The fourth-order valence-electron chi connectivity index (χ4n) is 1.02. The van der Waals surface area contributed by atoms with Crippen molar-refractivity contribution in [2.24, 2.45) is 0 Å². The number of halogens is 10. The van der Waals surface area contributed by atoms with Crippen molar-refractivity contribution in [1.82, 2.24) is 0 Å². The van der Waals surface area contributed by atoms with Crippen molar-refractivity contribution in [3.63, 3.8) is 0 Å². The summed E-state index contributed by atoms with van der Waals surface area (Å²) in [6, 6.07) is 0. The molecule has 0 saturated heterocycles. The van der Waals surface area contributed by atoms with Gasteiger partial charge in [-0.1, -0.05) is 11.6 Å². The van der Waals surface area contributed by atoms with Crippen LogP contribution in [0.3, 0.4) is 0 Å². The highest BCUT2D eigenvalue weighted by atomic mass is 35.5. The topological polar surface area (TPSA) is 0 Å². The summed E-state index contributed by atoms with van der Waals surface area (Å²) in [7, 11) is 0. The number of hydrogen-bond acceptors (Lipinski definition) is 0. The van der Waals surface area contributed by atoms with Crippen molar-refractivity contribution >= 4 is 11.6 Å². The van der Waals surface area contributed by atoms with Gasteiger partial charge in [0, 0.05) is 0 Å². The van der Waals surface area contributed by atoms with Crippen molar-refractivity contribution in [3.05, 3.63) is 34.6 Å². The zero-order chi connectivity index (χ0) is 14.5. The van der Waals surface area contributed by atoms with Gasteiger partial charge in [0.15, 0.2) is 23.3 Å². The monoisotopic (exact) mass is 302 g/mol. The van der Waals surface area contributed by atoms with Crippen molar-refractivity contribution in [2.45, 2.75) is 11.3 Å². The van der Waals surface area contributed by atoms with E-state index in [2.05, 4.69) is 11.6 Å². The molecule has 0 N–H and O–H groups in total. The first-order chi connectivity index (χ1) is 7.93. The molecule has 1 atom stereocenters. The van der Waals surface area contributed by atoms with Crippen LogP contribution in [0.5, 0.6) is 0 Å². The van der Waals surface area contributed by atoms with Crippen molar-refractivity contribution in [1.29, 1.82) is 0 Å². The molecule has 0 heterocycles. The molecule has 10 heteroatoms. The van der Waals surface area contributed by atoms with E-state index >= 15 is 0 Å². The third kappa shape index (κ3) is 2.00. The summed E-state index contributed by atoms with van der Waals surface area (Å²) < 4.78 is 113. The van der Waals surface area contributed by atoms with E-state index in [0.29, 0.717) is 0 Å². The smallest absolute Gasteiger partial charge is 0.210 e. The Hall–Kier alpha value is -1.12. The maximum absolute atomic E-state index is 13.0. The predicted molar refractivity (Wildman–Crippen MR) is 40.9 cm³/mol. The predicted octanol–water partition coefficient (Wildman–Crippen LogP) is 4.31. The minimum atomic E-state index is -6.08. The largest absolute Gasteiger partial charge is 0.441 e. The molecule has 0 aliphatic heterocycles. The molecule has 1 unspecified atom stereocenters. The number of rotatable bonds is 1. The van der Waals surface area contributed by atoms with Gasteiger partial charge in [0.2, 0.25) is 5.82 Å². The number of alkyl halides is 5. The second kappa shape index (κ2) is 4.22. The first kappa shape index (κ1) is 14.9. The normalized spacial score (nSPS) is 15.7. The molecule has 1 rings (SSSR count). The SMILES string of the molecule is Fc1c(F)c(F)c(C(F)(Cl)C(F)(F)F)c(F)c1F. The third-order valence-corrected chi connectivity index (χ3v) is 2.28. The average molecular weight is 303 g/mol. The fourth-order valence-corrected chi connectivity index (χ4v) is 1.19. The summed E-state index contributed by atoms with van der Waals surface area (Å²) >= 11 is 4.22. The fraction of sp³-hybridized carbons (Fsp3) is 0.250. The molecule has 0 saturated carbocycles. The lowest BCUT2D eigenvalue weighted by molar-refractivity contribution is -0.203. The van der Waals surface area contributed by atoms with Crippen LogP contribution in [0.25, 0.3) is 0 Å². The number of hydrogen-bond donors (Lipinski definition) is 0. The minimum Gasteiger partial charge on any atom is -0.210 e. The standard InChI is InChI=1S/C8ClF9/c9-7(15,8(16,17)18)1-2(10)4(12)6(14)5(13)3(1)11. The molecule has 1 aromatic rings. The maximum Gasteiger partial charge on any atom is 0.441 e. The molecule has 0 bridgehead atoms. The third-order valence-electron chi connectivity index (χ3n) is 1.88. The Morgan fingerprint density at radius 2 is 0.889 bits per heavy atom. The highest BCUT2D eigenvalue weighted by Gasteiger charge is 2.60. The molecule has 0 nitrogen and oxygen atoms in total. The van der Waals surface area contributed by atoms with Gasteiger partial charge in [0.05, 0.1) is 5.56 Å². The van der Waals surface area contributed by atoms with Crippen LogP contribution in [0.4, 0.5) is 39.5 Å². The Bertz CT molecular complexity index is 461. The maximum atomic E-state index is 13.0. The molecule has 0 fully saturated rings. The van der Waals surface area contributed by atoms with Crippen LogP contribution < -0.4 is 0 Å². The molecule has 0 radical (unpaired) electrons. The first-order valence-corrected chi connectivity index (χ1v) is 4.27. The molecule has 0 amide bonds. The van der Waals surface area contributed by atoms with Crippen LogP contribution in [0.1, 0.15) is 5.56 Å². The Balaban J connectivity index is 3.72. The van der Waals surface area contributed by atoms with Crippen LogP contribution in [0, 0.1) is 29.1 Å². The Morgan fingerprint density at radius 1 is 0.611 bits per heavy atom. The molecule has 0 aliphatic rings. The Kier molecular flexibility index (Phi) is 3.50. The van der Waals surface area contributed by atoms with E-state index < -0.39 is 46.0 Å². The number of benzene rings is 1. The van der Waals surface area contributed by atoms with Gasteiger partial charge in [-0.25, -0.2) is 26.3 Å². The van der Waals surface area contributed by atoms with Crippen LogP contribution in [-0.4, -0.2) is 6.18 Å². The first-order valence-electron chi connectivity index (χ1n) is 3.89. The summed E-state index contributed by atoms with van der Waals surface area (Å²) in [5, 5.41) is -5.24. The second-order valence-electron chi connectivity index (χ2n) is 3.02. The van der Waals surface area contributed by atoms with Crippen molar-refractivity contribution < 1.29 is 39.5 Å². The van der Waals surface area contributed by atoms with Gasteiger partial charge in [-0.05, 0) is 0 Å². The Morgan fingerprint density at radius 3 is 1.17 bits per heavy atom. The van der Waals surface area contributed by atoms with E-state index in [1.807, 2.05) is 0 Å². The van der Waals surface area contributed by atoms with E-state index in [9.17, 15) is 39.5 Å². The summed E-state index contributed by atoms with van der Waals surface area (Å²) in [5.41, 5.74) is -2.80.